The van der Waals surface area contributed by atoms with Crippen molar-refractivity contribution in [3.8, 4) is 11.8 Å². The molecule has 0 bridgehead atoms. The Morgan fingerprint density at radius 3 is 2.80 bits per heavy atom. The highest BCUT2D eigenvalue weighted by atomic mass is 16.5. The van der Waals surface area contributed by atoms with E-state index in [9.17, 15) is 14.9 Å². The Morgan fingerprint density at radius 1 is 1.44 bits per heavy atom. The van der Waals surface area contributed by atoms with Crippen LogP contribution in [0, 0.1) is 17.2 Å². The van der Waals surface area contributed by atoms with Gasteiger partial charge in [-0.25, -0.2) is 0 Å². The molecule has 0 aromatic heterocycles. The van der Waals surface area contributed by atoms with Gasteiger partial charge in [-0.05, 0) is 24.1 Å². The van der Waals surface area contributed by atoms with Gasteiger partial charge in [0.05, 0.1) is 18.7 Å². The molecule has 0 saturated carbocycles. The second-order valence-corrected chi connectivity index (χ2v) is 6.03. The first-order valence-electron chi connectivity index (χ1n) is 8.34. The minimum atomic E-state index is -0.696. The Balaban J connectivity index is 2.22. The first kappa shape index (κ1) is 18.5. The molecule has 0 unspecified atom stereocenters. The van der Waals surface area contributed by atoms with Crippen LogP contribution < -0.4 is 10.1 Å². The van der Waals surface area contributed by atoms with Crippen molar-refractivity contribution >= 4 is 11.8 Å². The first-order chi connectivity index (χ1) is 12.0. The molecule has 1 heterocycles. The highest BCUT2D eigenvalue weighted by Crippen LogP contribution is 2.20. The smallest absolute Gasteiger partial charge is 0.255 e. The molecule has 0 saturated heterocycles. The summed E-state index contributed by atoms with van der Waals surface area (Å²) < 4.78 is 5.22. The van der Waals surface area contributed by atoms with E-state index in [2.05, 4.69) is 11.4 Å². The van der Waals surface area contributed by atoms with Gasteiger partial charge in [-0.3, -0.25) is 9.59 Å². The molecule has 0 spiro atoms. The molecule has 2 rings (SSSR count). The van der Waals surface area contributed by atoms with E-state index in [0.717, 1.165) is 6.42 Å². The lowest BCUT2D eigenvalue weighted by Gasteiger charge is -2.29. The fraction of sp³-hybridized carbons (Fsp3) is 0.421. The summed E-state index contributed by atoms with van der Waals surface area (Å²) in [5.41, 5.74) is 0.377. The van der Waals surface area contributed by atoms with Crippen molar-refractivity contribution in [1.29, 1.82) is 5.26 Å². The van der Waals surface area contributed by atoms with Crippen molar-refractivity contribution in [2.45, 2.75) is 32.4 Å². The van der Waals surface area contributed by atoms with Crippen molar-refractivity contribution in [3.05, 3.63) is 42.0 Å². The van der Waals surface area contributed by atoms with Gasteiger partial charge in [0.15, 0.2) is 0 Å². The Hall–Kier alpha value is -2.81. The third-order valence-electron chi connectivity index (χ3n) is 4.49. The van der Waals surface area contributed by atoms with E-state index >= 15 is 0 Å². The predicted molar refractivity (Wildman–Crippen MR) is 94.0 cm³/mol. The van der Waals surface area contributed by atoms with Crippen LogP contribution in [0.5, 0.6) is 5.75 Å². The number of ether oxygens (including phenoxy) is 1. The molecule has 1 aliphatic rings. The van der Waals surface area contributed by atoms with E-state index < -0.39 is 12.1 Å². The van der Waals surface area contributed by atoms with Crippen LogP contribution in [0.2, 0.25) is 0 Å². The van der Waals surface area contributed by atoms with Crippen LogP contribution >= 0.6 is 0 Å². The Kier molecular flexibility index (Phi) is 6.18. The summed E-state index contributed by atoms with van der Waals surface area (Å²) in [6, 6.07) is 7.69. The van der Waals surface area contributed by atoms with Crippen LogP contribution in [0.15, 0.2) is 36.4 Å². The molecule has 3 atom stereocenters. The number of hydrogen-bond donors (Lipinski definition) is 1. The number of hydrogen-bond acceptors (Lipinski definition) is 4. The van der Waals surface area contributed by atoms with Crippen molar-refractivity contribution in [2.75, 3.05) is 13.7 Å². The maximum absolute atomic E-state index is 12.9. The Morgan fingerprint density at radius 2 is 2.16 bits per heavy atom. The summed E-state index contributed by atoms with van der Waals surface area (Å²) >= 11 is 0. The predicted octanol–water partition coefficient (Wildman–Crippen LogP) is 2.13. The average molecular weight is 341 g/mol. The Labute approximate surface area is 148 Å². The lowest BCUT2D eigenvalue weighted by atomic mass is 9.97. The number of nitrogens with one attached hydrogen (secondary N) is 1. The van der Waals surface area contributed by atoms with E-state index in [-0.39, 0.29) is 17.7 Å². The molecule has 1 aromatic rings. The topological polar surface area (TPSA) is 82.4 Å². The molecule has 1 N–H and O–H groups in total. The minimum absolute atomic E-state index is 0.0638. The van der Waals surface area contributed by atoms with E-state index in [1.54, 1.807) is 36.4 Å². The van der Waals surface area contributed by atoms with Gasteiger partial charge in [0.25, 0.3) is 5.91 Å². The summed E-state index contributed by atoms with van der Waals surface area (Å²) in [7, 11) is 1.50. The summed E-state index contributed by atoms with van der Waals surface area (Å²) in [4.78, 5) is 27.1. The highest BCUT2D eigenvalue weighted by molar-refractivity contribution is 5.99. The monoisotopic (exact) mass is 341 g/mol. The van der Waals surface area contributed by atoms with Gasteiger partial charge in [-0.15, -0.1) is 0 Å². The quantitative estimate of drug-likeness (QED) is 0.804. The summed E-state index contributed by atoms with van der Waals surface area (Å²) in [5.74, 6) is -0.217. The molecule has 1 aromatic carbocycles. The lowest BCUT2D eigenvalue weighted by Crippen LogP contribution is -2.52. The molecule has 25 heavy (non-hydrogen) atoms. The molecule has 0 fully saturated rings. The van der Waals surface area contributed by atoms with E-state index in [1.165, 1.54) is 12.0 Å². The number of rotatable bonds is 6. The lowest BCUT2D eigenvalue weighted by molar-refractivity contribution is -0.134. The van der Waals surface area contributed by atoms with Crippen molar-refractivity contribution in [2.24, 2.45) is 5.92 Å². The standard InChI is InChI=1S/C19H23N3O3/c1-4-13(2)17(19(24)22-11-7-8-14(22)12-20)21-18(23)15-9-5-6-10-16(15)25-3/h5-10,13-14,17H,4,11H2,1-3H3,(H,21,23)/t13-,14-,17-/m0/s1. The highest BCUT2D eigenvalue weighted by Gasteiger charge is 2.34. The number of para-hydroxylation sites is 1. The SMILES string of the molecule is CC[C@H](C)[C@H](NC(=O)c1ccccc1OC)C(=O)N1CC=C[C@H]1C#N. The summed E-state index contributed by atoms with van der Waals surface area (Å²) in [6.07, 6.45) is 4.22. The molecular formula is C19H23N3O3. The van der Waals surface area contributed by atoms with E-state index in [0.29, 0.717) is 17.9 Å². The first-order valence-corrected chi connectivity index (χ1v) is 8.34. The van der Waals surface area contributed by atoms with Gasteiger partial charge in [-0.1, -0.05) is 38.5 Å². The molecule has 6 nitrogen and oxygen atoms in total. The Bertz CT molecular complexity index is 708. The molecule has 0 aliphatic carbocycles. The number of carbonyl (C=O) groups is 2. The van der Waals surface area contributed by atoms with Gasteiger partial charge in [0, 0.05) is 6.54 Å². The van der Waals surface area contributed by atoms with Crippen molar-refractivity contribution < 1.29 is 14.3 Å². The van der Waals surface area contributed by atoms with Gasteiger partial charge in [0.1, 0.15) is 17.8 Å². The van der Waals surface area contributed by atoms with Crippen molar-refractivity contribution in [3.63, 3.8) is 0 Å². The summed E-state index contributed by atoms with van der Waals surface area (Å²) in [5, 5.41) is 12.0. The fourth-order valence-corrected chi connectivity index (χ4v) is 2.77. The normalized spacial score (nSPS) is 18.3. The zero-order valence-corrected chi connectivity index (χ0v) is 14.7. The van der Waals surface area contributed by atoms with Crippen LogP contribution in [0.25, 0.3) is 0 Å². The van der Waals surface area contributed by atoms with Crippen LogP contribution in [-0.4, -0.2) is 42.5 Å². The summed E-state index contributed by atoms with van der Waals surface area (Å²) in [6.45, 7) is 4.26. The second-order valence-electron chi connectivity index (χ2n) is 6.03. The second kappa shape index (κ2) is 8.34. The van der Waals surface area contributed by atoms with Crippen LogP contribution in [0.4, 0.5) is 0 Å². The number of amides is 2. The number of carbonyl (C=O) groups excluding carboxylic acids is 2. The van der Waals surface area contributed by atoms with E-state index in [4.69, 9.17) is 4.74 Å². The molecule has 1 aliphatic heterocycles. The third kappa shape index (κ3) is 4.00. The zero-order chi connectivity index (χ0) is 18.4. The molecular weight excluding hydrogens is 318 g/mol. The fourth-order valence-electron chi connectivity index (χ4n) is 2.77. The zero-order valence-electron chi connectivity index (χ0n) is 14.7. The van der Waals surface area contributed by atoms with Gasteiger partial charge < -0.3 is 15.0 Å². The van der Waals surface area contributed by atoms with Gasteiger partial charge >= 0.3 is 0 Å². The molecule has 6 heteroatoms. The number of benzene rings is 1. The van der Waals surface area contributed by atoms with Gasteiger partial charge in [-0.2, -0.15) is 5.26 Å². The third-order valence-corrected chi connectivity index (χ3v) is 4.49. The number of nitriles is 1. The van der Waals surface area contributed by atoms with Gasteiger partial charge in [0.2, 0.25) is 5.91 Å². The molecule has 0 radical (unpaired) electrons. The van der Waals surface area contributed by atoms with Crippen molar-refractivity contribution in [1.82, 2.24) is 10.2 Å². The minimum Gasteiger partial charge on any atom is -0.496 e. The molecule has 132 valence electrons. The van der Waals surface area contributed by atoms with Crippen LogP contribution in [0.3, 0.4) is 0 Å². The largest absolute Gasteiger partial charge is 0.496 e. The van der Waals surface area contributed by atoms with Crippen LogP contribution in [0.1, 0.15) is 30.6 Å². The number of methoxy groups -OCH3 is 1. The number of nitrogens with zero attached hydrogens (tertiary/aromatic N) is 2. The average Bonchev–Trinajstić information content (AvgIpc) is 3.13. The maximum Gasteiger partial charge on any atom is 0.255 e. The van der Waals surface area contributed by atoms with Crippen LogP contribution in [-0.2, 0) is 4.79 Å². The van der Waals surface area contributed by atoms with E-state index in [1.807, 2.05) is 13.8 Å². The molecule has 2 amide bonds. The maximum atomic E-state index is 12.9.